The second kappa shape index (κ2) is 10.1. The number of benzene rings is 2. The average molecular weight is 465 g/mol. The smallest absolute Gasteiger partial charge is 0.317 e. The van der Waals surface area contributed by atoms with Crippen LogP contribution in [0.25, 0.3) is 5.57 Å². The Kier molecular flexibility index (Phi) is 6.95. The number of hydrogen-bond donors (Lipinski definition) is 2. The summed E-state index contributed by atoms with van der Waals surface area (Å²) in [6, 6.07) is 11.9. The van der Waals surface area contributed by atoms with Crippen molar-refractivity contribution in [2.24, 2.45) is 0 Å². The SMILES string of the molecule is COc1cc2c(cc1OC)C(c1ccc(C(=O)NCCN3CCNC3=O)cc1)=CN(C)C(C)C2. The van der Waals surface area contributed by atoms with Crippen LogP contribution in [0.2, 0.25) is 0 Å². The molecule has 1 fully saturated rings. The highest BCUT2D eigenvalue weighted by atomic mass is 16.5. The lowest BCUT2D eigenvalue weighted by molar-refractivity contribution is 0.0950. The van der Waals surface area contributed by atoms with Gasteiger partial charge in [-0.05, 0) is 54.3 Å². The van der Waals surface area contributed by atoms with Crippen molar-refractivity contribution < 1.29 is 19.1 Å². The number of amides is 3. The number of ether oxygens (including phenoxy) is 2. The van der Waals surface area contributed by atoms with E-state index in [-0.39, 0.29) is 11.9 Å². The second-order valence-corrected chi connectivity index (χ2v) is 8.68. The molecule has 1 unspecified atom stereocenters. The van der Waals surface area contributed by atoms with E-state index in [4.69, 9.17) is 9.47 Å². The summed E-state index contributed by atoms with van der Waals surface area (Å²) in [7, 11) is 5.37. The third-order valence-corrected chi connectivity index (χ3v) is 6.51. The molecule has 180 valence electrons. The molecule has 4 rings (SSSR count). The van der Waals surface area contributed by atoms with Crippen LogP contribution in [-0.4, -0.2) is 75.2 Å². The van der Waals surface area contributed by atoms with Crippen LogP contribution < -0.4 is 20.1 Å². The van der Waals surface area contributed by atoms with Gasteiger partial charge in [0, 0.05) is 56.6 Å². The zero-order valence-corrected chi connectivity index (χ0v) is 20.2. The molecule has 0 aliphatic carbocycles. The van der Waals surface area contributed by atoms with Crippen LogP contribution in [0.1, 0.15) is 34.0 Å². The summed E-state index contributed by atoms with van der Waals surface area (Å²) in [5, 5.41) is 5.66. The molecule has 1 atom stereocenters. The predicted molar refractivity (Wildman–Crippen MR) is 131 cm³/mol. The lowest BCUT2D eigenvalue weighted by atomic mass is 9.92. The minimum atomic E-state index is -0.154. The zero-order valence-electron chi connectivity index (χ0n) is 20.2. The van der Waals surface area contributed by atoms with Crippen molar-refractivity contribution in [3.05, 3.63) is 64.9 Å². The molecular weight excluding hydrogens is 432 g/mol. The van der Waals surface area contributed by atoms with E-state index in [1.54, 1.807) is 19.1 Å². The number of carbonyl (C=O) groups excluding carboxylic acids is 2. The molecule has 2 aliphatic heterocycles. The third kappa shape index (κ3) is 4.81. The molecule has 3 amide bonds. The minimum Gasteiger partial charge on any atom is -0.493 e. The number of methoxy groups -OCH3 is 2. The first-order valence-corrected chi connectivity index (χ1v) is 11.5. The second-order valence-electron chi connectivity index (χ2n) is 8.68. The van der Waals surface area contributed by atoms with Crippen molar-refractivity contribution in [3.8, 4) is 11.5 Å². The Hall–Kier alpha value is -3.68. The van der Waals surface area contributed by atoms with Gasteiger partial charge in [-0.1, -0.05) is 12.1 Å². The van der Waals surface area contributed by atoms with Crippen molar-refractivity contribution in [2.45, 2.75) is 19.4 Å². The Morgan fingerprint density at radius 1 is 1.15 bits per heavy atom. The number of rotatable bonds is 7. The van der Waals surface area contributed by atoms with Gasteiger partial charge in [0.1, 0.15) is 0 Å². The van der Waals surface area contributed by atoms with Crippen molar-refractivity contribution in [1.29, 1.82) is 0 Å². The maximum absolute atomic E-state index is 12.6. The molecule has 34 heavy (non-hydrogen) atoms. The van der Waals surface area contributed by atoms with Crippen LogP contribution in [0.15, 0.2) is 42.6 Å². The Morgan fingerprint density at radius 2 is 1.85 bits per heavy atom. The molecule has 2 heterocycles. The highest BCUT2D eigenvalue weighted by Gasteiger charge is 2.23. The fourth-order valence-electron chi connectivity index (χ4n) is 4.37. The number of carbonyl (C=O) groups is 2. The fourth-order valence-corrected chi connectivity index (χ4v) is 4.37. The van der Waals surface area contributed by atoms with Crippen LogP contribution in [0, 0.1) is 0 Å². The van der Waals surface area contributed by atoms with Gasteiger partial charge in [-0.3, -0.25) is 4.79 Å². The van der Waals surface area contributed by atoms with Gasteiger partial charge in [0.25, 0.3) is 5.91 Å². The van der Waals surface area contributed by atoms with Crippen LogP contribution >= 0.6 is 0 Å². The van der Waals surface area contributed by atoms with Gasteiger partial charge in [0.05, 0.1) is 14.2 Å². The van der Waals surface area contributed by atoms with Crippen LogP contribution in [-0.2, 0) is 6.42 Å². The number of nitrogens with one attached hydrogen (secondary N) is 2. The summed E-state index contributed by atoms with van der Waals surface area (Å²) in [5.74, 6) is 1.25. The molecular formula is C26H32N4O4. The largest absolute Gasteiger partial charge is 0.493 e. The maximum Gasteiger partial charge on any atom is 0.317 e. The molecule has 0 spiro atoms. The Balaban J connectivity index is 1.55. The van der Waals surface area contributed by atoms with E-state index in [0.29, 0.717) is 43.5 Å². The summed E-state index contributed by atoms with van der Waals surface area (Å²) < 4.78 is 11.1. The van der Waals surface area contributed by atoms with E-state index in [1.807, 2.05) is 30.3 Å². The lowest BCUT2D eigenvalue weighted by Crippen LogP contribution is -2.36. The summed E-state index contributed by atoms with van der Waals surface area (Å²) in [6.07, 6.45) is 3.03. The quantitative estimate of drug-likeness (QED) is 0.659. The summed E-state index contributed by atoms with van der Waals surface area (Å²) >= 11 is 0. The van der Waals surface area contributed by atoms with E-state index < -0.39 is 0 Å². The van der Waals surface area contributed by atoms with Crippen molar-refractivity contribution in [1.82, 2.24) is 20.4 Å². The highest BCUT2D eigenvalue weighted by Crippen LogP contribution is 2.38. The van der Waals surface area contributed by atoms with Gasteiger partial charge in [0.15, 0.2) is 11.5 Å². The Morgan fingerprint density at radius 3 is 2.50 bits per heavy atom. The summed E-state index contributed by atoms with van der Waals surface area (Å²) in [5.41, 5.74) is 4.94. The summed E-state index contributed by atoms with van der Waals surface area (Å²) in [6.45, 7) is 4.43. The lowest BCUT2D eigenvalue weighted by Gasteiger charge is -2.21. The average Bonchev–Trinajstić information content (AvgIpc) is 3.21. The van der Waals surface area contributed by atoms with Crippen molar-refractivity contribution in [3.63, 3.8) is 0 Å². The fraction of sp³-hybridized carbons (Fsp3) is 0.385. The van der Waals surface area contributed by atoms with Crippen LogP contribution in [0.3, 0.4) is 0 Å². The predicted octanol–water partition coefficient (Wildman–Crippen LogP) is 2.72. The highest BCUT2D eigenvalue weighted by molar-refractivity contribution is 5.95. The summed E-state index contributed by atoms with van der Waals surface area (Å²) in [4.78, 5) is 28.1. The monoisotopic (exact) mass is 464 g/mol. The maximum atomic E-state index is 12.6. The van der Waals surface area contributed by atoms with Gasteiger partial charge < -0.3 is 29.9 Å². The molecule has 0 aromatic heterocycles. The van der Waals surface area contributed by atoms with Crippen molar-refractivity contribution >= 4 is 17.5 Å². The van der Waals surface area contributed by atoms with Crippen LogP contribution in [0.5, 0.6) is 11.5 Å². The molecule has 2 aromatic rings. The normalized spacial score (nSPS) is 17.5. The third-order valence-electron chi connectivity index (χ3n) is 6.51. The van der Waals surface area contributed by atoms with Gasteiger partial charge in [-0.15, -0.1) is 0 Å². The van der Waals surface area contributed by atoms with E-state index in [2.05, 4.69) is 41.8 Å². The number of hydrogen-bond acceptors (Lipinski definition) is 5. The van der Waals surface area contributed by atoms with Gasteiger partial charge in [-0.25, -0.2) is 4.79 Å². The van der Waals surface area contributed by atoms with Crippen molar-refractivity contribution in [2.75, 3.05) is 47.4 Å². The number of nitrogens with zero attached hydrogens (tertiary/aromatic N) is 2. The molecule has 0 saturated carbocycles. The molecule has 1 saturated heterocycles. The van der Waals surface area contributed by atoms with E-state index in [1.165, 1.54) is 5.56 Å². The van der Waals surface area contributed by atoms with E-state index in [0.717, 1.165) is 28.9 Å². The van der Waals surface area contributed by atoms with Crippen LogP contribution in [0.4, 0.5) is 4.79 Å². The number of urea groups is 1. The van der Waals surface area contributed by atoms with Gasteiger partial charge >= 0.3 is 6.03 Å². The standard InChI is InChI=1S/C26H32N4O4/c1-17-13-20-14-23(33-3)24(34-4)15-21(20)22(16-29(17)2)18-5-7-19(8-6-18)25(31)27-9-11-30-12-10-28-26(30)32/h5-8,14-17H,9-13H2,1-4H3,(H,27,31)(H,28,32). The first kappa shape index (κ1) is 23.5. The molecule has 0 radical (unpaired) electrons. The molecule has 0 bridgehead atoms. The zero-order chi connectivity index (χ0) is 24.2. The topological polar surface area (TPSA) is 83.1 Å². The van der Waals surface area contributed by atoms with E-state index >= 15 is 0 Å². The number of fused-ring (bicyclic) bond motifs is 1. The van der Waals surface area contributed by atoms with E-state index in [9.17, 15) is 9.59 Å². The minimum absolute atomic E-state index is 0.0795. The van der Waals surface area contributed by atoms with Gasteiger partial charge in [-0.2, -0.15) is 0 Å². The first-order chi connectivity index (χ1) is 16.4. The number of likely N-dealkylation sites (N-methyl/N-ethyl adjacent to an activating group) is 1. The molecule has 8 heteroatoms. The molecule has 2 N–H and O–H groups in total. The Bertz CT molecular complexity index is 1100. The van der Waals surface area contributed by atoms with Gasteiger partial charge in [0.2, 0.25) is 0 Å². The molecule has 2 aromatic carbocycles. The molecule has 2 aliphatic rings. The molecule has 8 nitrogen and oxygen atoms in total. The first-order valence-electron chi connectivity index (χ1n) is 11.5. The Labute approximate surface area is 200 Å².